The lowest BCUT2D eigenvalue weighted by atomic mass is 10.2. The van der Waals surface area contributed by atoms with E-state index in [0.717, 1.165) is 0 Å². The first-order valence-electron chi connectivity index (χ1n) is 7.81. The third-order valence-corrected chi connectivity index (χ3v) is 3.90. The van der Waals surface area contributed by atoms with Gasteiger partial charge in [0.05, 0.1) is 5.69 Å². The molecule has 0 aliphatic carbocycles. The summed E-state index contributed by atoms with van der Waals surface area (Å²) in [4.78, 5) is 26.4. The third-order valence-electron chi connectivity index (χ3n) is 3.90. The highest BCUT2D eigenvalue weighted by Crippen LogP contribution is 2.20. The van der Waals surface area contributed by atoms with Gasteiger partial charge in [0, 0.05) is 32.4 Å². The zero-order valence-electron chi connectivity index (χ0n) is 13.8. The van der Waals surface area contributed by atoms with E-state index in [-0.39, 0.29) is 11.4 Å². The van der Waals surface area contributed by atoms with Crippen LogP contribution < -0.4 is 10.2 Å². The van der Waals surface area contributed by atoms with Crippen molar-refractivity contribution >= 4 is 17.6 Å². The minimum atomic E-state index is -1.18. The molecule has 1 saturated heterocycles. The van der Waals surface area contributed by atoms with Crippen molar-refractivity contribution in [3.63, 3.8) is 0 Å². The van der Waals surface area contributed by atoms with E-state index in [1.807, 2.05) is 4.90 Å². The number of nitrogens with one attached hydrogen (secondary N) is 1. The fourth-order valence-electron chi connectivity index (χ4n) is 2.46. The quantitative estimate of drug-likeness (QED) is 0.608. The molecule has 7 nitrogen and oxygen atoms in total. The molecule has 1 unspecified atom stereocenters. The number of carboxylic acids is 1. The van der Waals surface area contributed by atoms with E-state index in [9.17, 15) is 14.0 Å². The van der Waals surface area contributed by atoms with E-state index in [2.05, 4.69) is 5.32 Å². The molecule has 0 radical (unpaired) electrons. The highest BCUT2D eigenvalue weighted by Gasteiger charge is 2.21. The summed E-state index contributed by atoms with van der Waals surface area (Å²) in [5, 5.41) is 20.2. The predicted octanol–water partition coefficient (Wildman–Crippen LogP) is 0.944. The number of carboxylic acid groups (broad SMARTS) is 1. The number of piperazine rings is 1. The summed E-state index contributed by atoms with van der Waals surface area (Å²) in [6.07, 6.45) is 1.42. The molecule has 0 saturated carbocycles. The maximum Gasteiger partial charge on any atom is 0.325 e. The SMILES string of the molecule is CC(NC(=O)/C(C#N)=C\N1CCN(c2ccccc2F)CC1)C(=O)O. The van der Waals surface area contributed by atoms with Gasteiger partial charge in [-0.3, -0.25) is 9.59 Å². The molecule has 1 heterocycles. The summed E-state index contributed by atoms with van der Waals surface area (Å²) < 4.78 is 13.8. The molecule has 2 rings (SSSR count). The lowest BCUT2D eigenvalue weighted by molar-refractivity contribution is -0.140. The normalized spacial score (nSPS) is 16.1. The van der Waals surface area contributed by atoms with Gasteiger partial charge in [-0.25, -0.2) is 4.39 Å². The zero-order chi connectivity index (χ0) is 18.4. The van der Waals surface area contributed by atoms with E-state index in [0.29, 0.717) is 31.9 Å². The van der Waals surface area contributed by atoms with Crippen LogP contribution in [-0.2, 0) is 9.59 Å². The van der Waals surface area contributed by atoms with E-state index < -0.39 is 17.9 Å². The lowest BCUT2D eigenvalue weighted by Gasteiger charge is -2.35. The van der Waals surface area contributed by atoms with Crippen LogP contribution in [-0.4, -0.2) is 54.1 Å². The van der Waals surface area contributed by atoms with E-state index in [1.54, 1.807) is 29.2 Å². The Morgan fingerprint density at radius 3 is 2.52 bits per heavy atom. The molecule has 0 aromatic heterocycles. The average Bonchev–Trinajstić information content (AvgIpc) is 2.60. The Hall–Kier alpha value is -3.08. The van der Waals surface area contributed by atoms with Crippen LogP contribution in [0.5, 0.6) is 0 Å². The Labute approximate surface area is 144 Å². The molecule has 1 aromatic carbocycles. The number of hydrogen-bond acceptors (Lipinski definition) is 5. The number of nitrogens with zero attached hydrogens (tertiary/aromatic N) is 3. The Morgan fingerprint density at radius 1 is 1.32 bits per heavy atom. The monoisotopic (exact) mass is 346 g/mol. The van der Waals surface area contributed by atoms with Crippen molar-refractivity contribution in [2.24, 2.45) is 0 Å². The number of nitriles is 1. The van der Waals surface area contributed by atoms with Gasteiger partial charge >= 0.3 is 5.97 Å². The Bertz CT molecular complexity index is 721. The summed E-state index contributed by atoms with van der Waals surface area (Å²) in [6, 6.07) is 7.22. The molecule has 1 amide bonds. The molecule has 1 aliphatic heterocycles. The van der Waals surface area contributed by atoms with Gasteiger partial charge in [-0.1, -0.05) is 12.1 Å². The molecular formula is C17H19FN4O3. The lowest BCUT2D eigenvalue weighted by Crippen LogP contribution is -2.45. The smallest absolute Gasteiger partial charge is 0.325 e. The summed E-state index contributed by atoms with van der Waals surface area (Å²) in [6.45, 7) is 3.44. The molecule has 132 valence electrons. The van der Waals surface area contributed by atoms with Crippen molar-refractivity contribution in [2.45, 2.75) is 13.0 Å². The Kier molecular flexibility index (Phi) is 5.95. The Balaban J connectivity index is 1.98. The number of halogens is 1. The van der Waals surface area contributed by atoms with Gasteiger partial charge in [-0.2, -0.15) is 5.26 Å². The van der Waals surface area contributed by atoms with Crippen molar-refractivity contribution in [3.8, 4) is 6.07 Å². The van der Waals surface area contributed by atoms with Gasteiger partial charge < -0.3 is 20.2 Å². The summed E-state index contributed by atoms with van der Waals surface area (Å²) in [5.41, 5.74) is 0.368. The number of aliphatic carboxylic acids is 1. The van der Waals surface area contributed by atoms with Crippen LogP contribution >= 0.6 is 0 Å². The van der Waals surface area contributed by atoms with Gasteiger partial charge in [0.2, 0.25) is 0 Å². The number of carbonyl (C=O) groups is 2. The number of benzene rings is 1. The molecule has 25 heavy (non-hydrogen) atoms. The second-order valence-corrected chi connectivity index (χ2v) is 5.66. The van der Waals surface area contributed by atoms with Gasteiger partial charge in [-0.05, 0) is 19.1 Å². The fraction of sp³-hybridized carbons (Fsp3) is 0.353. The summed E-state index contributed by atoms with van der Waals surface area (Å²) in [7, 11) is 0. The van der Waals surface area contributed by atoms with E-state index in [4.69, 9.17) is 10.4 Å². The maximum absolute atomic E-state index is 13.8. The topological polar surface area (TPSA) is 96.7 Å². The molecule has 1 aliphatic rings. The van der Waals surface area contributed by atoms with Crippen LogP contribution in [0, 0.1) is 17.1 Å². The summed E-state index contributed by atoms with van der Waals surface area (Å²) in [5.74, 6) is -2.19. The molecule has 2 N–H and O–H groups in total. The second kappa shape index (κ2) is 8.15. The predicted molar refractivity (Wildman–Crippen MR) is 89.1 cm³/mol. The Morgan fingerprint density at radius 2 is 1.96 bits per heavy atom. The van der Waals surface area contributed by atoms with Crippen molar-refractivity contribution in [3.05, 3.63) is 41.9 Å². The molecule has 0 bridgehead atoms. The number of amides is 1. The zero-order valence-corrected chi connectivity index (χ0v) is 13.8. The van der Waals surface area contributed by atoms with Gasteiger partial charge in [-0.15, -0.1) is 0 Å². The van der Waals surface area contributed by atoms with Crippen LogP contribution in [0.25, 0.3) is 0 Å². The van der Waals surface area contributed by atoms with Crippen LogP contribution in [0.3, 0.4) is 0 Å². The number of anilines is 1. The fourth-order valence-corrected chi connectivity index (χ4v) is 2.46. The molecule has 0 spiro atoms. The maximum atomic E-state index is 13.8. The molecule has 1 fully saturated rings. The van der Waals surface area contributed by atoms with E-state index in [1.165, 1.54) is 19.2 Å². The third kappa shape index (κ3) is 4.70. The molecule has 1 atom stereocenters. The molecular weight excluding hydrogens is 327 g/mol. The highest BCUT2D eigenvalue weighted by molar-refractivity contribution is 5.99. The minimum absolute atomic E-state index is 0.160. The number of hydrogen-bond donors (Lipinski definition) is 2. The van der Waals surface area contributed by atoms with Crippen LogP contribution in [0.15, 0.2) is 36.0 Å². The highest BCUT2D eigenvalue weighted by atomic mass is 19.1. The number of carbonyl (C=O) groups excluding carboxylic acids is 1. The minimum Gasteiger partial charge on any atom is -0.480 e. The first kappa shape index (κ1) is 18.3. The first-order chi connectivity index (χ1) is 11.9. The number of rotatable bonds is 5. The van der Waals surface area contributed by atoms with Crippen molar-refractivity contribution in [2.75, 3.05) is 31.1 Å². The standard InChI is InChI=1S/C17H19FN4O3/c1-12(17(24)25)20-16(23)13(10-19)11-21-6-8-22(9-7-21)15-5-3-2-4-14(15)18/h2-5,11-12H,6-9H2,1H3,(H,20,23)(H,24,25)/b13-11-. The van der Waals surface area contributed by atoms with Gasteiger partial charge in [0.15, 0.2) is 0 Å². The number of para-hydroxylation sites is 1. The molecule has 1 aromatic rings. The van der Waals surface area contributed by atoms with Crippen molar-refractivity contribution < 1.29 is 19.1 Å². The molecule has 8 heteroatoms. The summed E-state index contributed by atoms with van der Waals surface area (Å²) >= 11 is 0. The van der Waals surface area contributed by atoms with Gasteiger partial charge in [0.25, 0.3) is 5.91 Å². The first-order valence-corrected chi connectivity index (χ1v) is 7.81. The van der Waals surface area contributed by atoms with E-state index >= 15 is 0 Å². The van der Waals surface area contributed by atoms with Crippen molar-refractivity contribution in [1.29, 1.82) is 5.26 Å². The largest absolute Gasteiger partial charge is 0.480 e. The van der Waals surface area contributed by atoms with Gasteiger partial charge in [0.1, 0.15) is 23.5 Å². The second-order valence-electron chi connectivity index (χ2n) is 5.66. The van der Waals surface area contributed by atoms with Crippen LogP contribution in [0.4, 0.5) is 10.1 Å². The average molecular weight is 346 g/mol. The van der Waals surface area contributed by atoms with Crippen molar-refractivity contribution in [1.82, 2.24) is 10.2 Å². The van der Waals surface area contributed by atoms with Crippen LogP contribution in [0.1, 0.15) is 6.92 Å². The van der Waals surface area contributed by atoms with Crippen LogP contribution in [0.2, 0.25) is 0 Å².